The van der Waals surface area contributed by atoms with Gasteiger partial charge in [0, 0.05) is 19.2 Å². The average Bonchev–Trinajstić information content (AvgIpc) is 2.41. The van der Waals surface area contributed by atoms with E-state index in [0.29, 0.717) is 35.5 Å². The molecule has 0 aliphatic carbocycles. The van der Waals surface area contributed by atoms with Crippen molar-refractivity contribution in [1.82, 2.24) is 0 Å². The molecule has 1 saturated heterocycles. The maximum Gasteiger partial charge on any atom is 0.200 e. The molecule has 0 bridgehead atoms. The van der Waals surface area contributed by atoms with Crippen molar-refractivity contribution >= 4 is 52.8 Å². The molecule has 2 aromatic rings. The summed E-state index contributed by atoms with van der Waals surface area (Å²) >= 11 is 2.13. The highest BCUT2D eigenvalue weighted by Crippen LogP contribution is 2.23. The Hall–Kier alpha value is -1.02. The molecular formula is C13H11BINO3. The summed E-state index contributed by atoms with van der Waals surface area (Å²) in [4.78, 5) is 14.2. The van der Waals surface area contributed by atoms with Gasteiger partial charge in [-0.25, -0.2) is 0 Å². The highest BCUT2D eigenvalue weighted by Gasteiger charge is 2.16. The fourth-order valence-electron chi connectivity index (χ4n) is 2.16. The van der Waals surface area contributed by atoms with E-state index in [-0.39, 0.29) is 5.43 Å². The van der Waals surface area contributed by atoms with Crippen LogP contribution in [0.15, 0.2) is 27.4 Å². The zero-order chi connectivity index (χ0) is 13.4. The largest absolute Gasteiger partial charge is 0.439 e. The van der Waals surface area contributed by atoms with Crippen molar-refractivity contribution in [3.8, 4) is 0 Å². The predicted molar refractivity (Wildman–Crippen MR) is 83.6 cm³/mol. The minimum absolute atomic E-state index is 0.0621. The molecule has 2 heterocycles. The first-order valence-electron chi connectivity index (χ1n) is 6.01. The molecule has 4 nitrogen and oxygen atoms in total. The summed E-state index contributed by atoms with van der Waals surface area (Å²) in [7, 11) is 5.76. The van der Waals surface area contributed by atoms with E-state index >= 15 is 0 Å². The minimum atomic E-state index is -0.0621. The van der Waals surface area contributed by atoms with Crippen LogP contribution >= 0.6 is 22.6 Å². The predicted octanol–water partition coefficient (Wildman–Crippen LogP) is 1.03. The number of benzene rings is 1. The van der Waals surface area contributed by atoms with E-state index in [1.807, 2.05) is 4.90 Å². The molecule has 2 radical (unpaired) electrons. The second-order valence-electron chi connectivity index (χ2n) is 4.43. The summed E-state index contributed by atoms with van der Waals surface area (Å²) in [5, 5.41) is 0.529. The molecule has 1 aliphatic heterocycles. The lowest BCUT2D eigenvalue weighted by Gasteiger charge is -2.27. The average molecular weight is 367 g/mol. The van der Waals surface area contributed by atoms with Gasteiger partial charge in [-0.05, 0) is 22.6 Å². The molecule has 1 aromatic carbocycles. The van der Waals surface area contributed by atoms with Gasteiger partial charge in [0.15, 0.2) is 16.9 Å². The SMILES string of the molecule is [B]c1cc(I)c2oc(N3CCOCC3)cc(=O)c2c1. The fourth-order valence-corrected chi connectivity index (χ4v) is 2.92. The van der Waals surface area contributed by atoms with E-state index in [2.05, 4.69) is 22.6 Å². The Balaban J connectivity index is 2.15. The van der Waals surface area contributed by atoms with Gasteiger partial charge >= 0.3 is 0 Å². The zero-order valence-corrected chi connectivity index (χ0v) is 12.3. The van der Waals surface area contributed by atoms with Crippen molar-refractivity contribution < 1.29 is 9.15 Å². The number of hydrogen-bond acceptors (Lipinski definition) is 4. The third-order valence-corrected chi connectivity index (χ3v) is 3.92. The van der Waals surface area contributed by atoms with Crippen LogP contribution in [0, 0.1) is 3.57 Å². The Morgan fingerprint density at radius 2 is 1.95 bits per heavy atom. The van der Waals surface area contributed by atoms with Crippen molar-refractivity contribution in [3.63, 3.8) is 0 Å². The summed E-state index contributed by atoms with van der Waals surface area (Å²) in [5.41, 5.74) is 1.11. The van der Waals surface area contributed by atoms with Crippen molar-refractivity contribution in [2.24, 2.45) is 0 Å². The van der Waals surface area contributed by atoms with E-state index in [9.17, 15) is 4.79 Å². The normalized spacial score (nSPS) is 15.9. The van der Waals surface area contributed by atoms with Crippen molar-refractivity contribution in [1.29, 1.82) is 0 Å². The molecule has 0 N–H and O–H groups in total. The molecule has 1 aromatic heterocycles. The molecule has 96 valence electrons. The molecule has 0 saturated carbocycles. The van der Waals surface area contributed by atoms with Crippen LogP contribution in [-0.4, -0.2) is 34.1 Å². The van der Waals surface area contributed by atoms with Gasteiger partial charge in [0.25, 0.3) is 0 Å². The van der Waals surface area contributed by atoms with Gasteiger partial charge in [0.05, 0.1) is 22.2 Å². The Morgan fingerprint density at radius 1 is 1.21 bits per heavy atom. The lowest BCUT2D eigenvalue weighted by molar-refractivity contribution is 0.121. The van der Waals surface area contributed by atoms with E-state index in [1.165, 1.54) is 6.07 Å². The van der Waals surface area contributed by atoms with Crippen molar-refractivity contribution in [2.45, 2.75) is 0 Å². The van der Waals surface area contributed by atoms with E-state index in [4.69, 9.17) is 17.0 Å². The van der Waals surface area contributed by atoms with Crippen LogP contribution in [0.1, 0.15) is 0 Å². The van der Waals surface area contributed by atoms with Crippen molar-refractivity contribution in [3.05, 3.63) is 32.0 Å². The van der Waals surface area contributed by atoms with Crippen LogP contribution in [0.2, 0.25) is 0 Å². The number of morpholine rings is 1. The molecule has 6 heteroatoms. The number of ether oxygens (including phenoxy) is 1. The van der Waals surface area contributed by atoms with E-state index in [0.717, 1.165) is 16.7 Å². The molecule has 0 unspecified atom stereocenters. The maximum absolute atomic E-state index is 12.2. The molecule has 0 spiro atoms. The minimum Gasteiger partial charge on any atom is -0.439 e. The summed E-state index contributed by atoms with van der Waals surface area (Å²) in [6.07, 6.45) is 0. The van der Waals surface area contributed by atoms with Gasteiger partial charge in [-0.1, -0.05) is 17.6 Å². The van der Waals surface area contributed by atoms with Crippen LogP contribution in [0.4, 0.5) is 5.88 Å². The Morgan fingerprint density at radius 3 is 2.68 bits per heavy atom. The summed E-state index contributed by atoms with van der Waals surface area (Å²) in [6.45, 7) is 2.78. The Bertz CT molecular complexity index is 679. The van der Waals surface area contributed by atoms with E-state index < -0.39 is 0 Å². The van der Waals surface area contributed by atoms with Gasteiger partial charge in [-0.15, -0.1) is 0 Å². The molecule has 0 atom stereocenters. The molecule has 19 heavy (non-hydrogen) atoms. The quantitative estimate of drug-likeness (QED) is 0.558. The van der Waals surface area contributed by atoms with Crippen LogP contribution in [0.3, 0.4) is 0 Å². The number of rotatable bonds is 1. The first-order valence-corrected chi connectivity index (χ1v) is 7.08. The second-order valence-corrected chi connectivity index (χ2v) is 5.59. The summed E-state index contributed by atoms with van der Waals surface area (Å²) in [6, 6.07) is 4.99. The highest BCUT2D eigenvalue weighted by atomic mass is 127. The first kappa shape index (κ1) is 13.0. The Labute approximate surface area is 125 Å². The van der Waals surface area contributed by atoms with Crippen LogP contribution in [0.25, 0.3) is 11.0 Å². The van der Waals surface area contributed by atoms with Crippen LogP contribution in [0.5, 0.6) is 0 Å². The summed E-state index contributed by atoms with van der Waals surface area (Å²) < 4.78 is 12.0. The zero-order valence-electron chi connectivity index (χ0n) is 10.2. The fraction of sp³-hybridized carbons (Fsp3) is 0.308. The molecular weight excluding hydrogens is 356 g/mol. The third kappa shape index (κ3) is 2.51. The topological polar surface area (TPSA) is 42.7 Å². The lowest BCUT2D eigenvalue weighted by atomic mass is 9.95. The number of anilines is 1. The molecule has 1 aliphatic rings. The number of halogens is 1. The van der Waals surface area contributed by atoms with E-state index in [1.54, 1.807) is 12.1 Å². The van der Waals surface area contributed by atoms with Gasteiger partial charge in [0.1, 0.15) is 7.85 Å². The molecule has 1 fully saturated rings. The monoisotopic (exact) mass is 367 g/mol. The smallest absolute Gasteiger partial charge is 0.200 e. The standard InChI is InChI=1S/C13H11BINO3/c14-8-5-9-11(17)7-12(16-1-3-18-4-2-16)19-13(9)10(15)6-8/h5-7H,1-4H2. The van der Waals surface area contributed by atoms with Crippen LogP contribution < -0.4 is 15.8 Å². The molecule has 3 rings (SSSR count). The summed E-state index contributed by atoms with van der Waals surface area (Å²) in [5.74, 6) is 0.600. The third-order valence-electron chi connectivity index (χ3n) is 3.12. The van der Waals surface area contributed by atoms with Crippen LogP contribution in [-0.2, 0) is 4.74 Å². The molecule has 0 amide bonds. The lowest BCUT2D eigenvalue weighted by Crippen LogP contribution is -2.36. The van der Waals surface area contributed by atoms with Gasteiger partial charge in [-0.3, -0.25) is 4.79 Å². The number of fused-ring (bicyclic) bond motifs is 1. The maximum atomic E-state index is 12.2. The first-order chi connectivity index (χ1) is 9.15. The van der Waals surface area contributed by atoms with Crippen molar-refractivity contribution in [2.75, 3.05) is 31.2 Å². The number of nitrogens with zero attached hydrogens (tertiary/aromatic N) is 1. The van der Waals surface area contributed by atoms with Gasteiger partial charge < -0.3 is 14.1 Å². The second kappa shape index (κ2) is 5.17. The Kier molecular flexibility index (Phi) is 3.53. The highest BCUT2D eigenvalue weighted by molar-refractivity contribution is 14.1. The number of hydrogen-bond donors (Lipinski definition) is 0. The van der Waals surface area contributed by atoms with Gasteiger partial charge in [-0.2, -0.15) is 0 Å². The van der Waals surface area contributed by atoms with Gasteiger partial charge in [0.2, 0.25) is 0 Å².